The average Bonchev–Trinajstić information content (AvgIpc) is 2.63. The van der Waals surface area contributed by atoms with Gasteiger partial charge in [-0.2, -0.15) is 0 Å². The van der Waals surface area contributed by atoms with Crippen LogP contribution in [-0.2, 0) is 10.0 Å². The molecule has 1 aromatic carbocycles. The quantitative estimate of drug-likeness (QED) is 0.894. The molecule has 90 valence electrons. The minimum atomic E-state index is -3.29. The number of aryl methyl sites for hydroxylation is 1. The summed E-state index contributed by atoms with van der Waals surface area (Å²) >= 11 is 0. The van der Waals surface area contributed by atoms with E-state index in [9.17, 15) is 8.42 Å². The van der Waals surface area contributed by atoms with E-state index in [1.807, 2.05) is 0 Å². The van der Waals surface area contributed by atoms with Crippen molar-refractivity contribution < 1.29 is 12.8 Å². The average molecular weight is 253 g/mol. The Kier molecular flexibility index (Phi) is 2.84. The van der Waals surface area contributed by atoms with E-state index in [2.05, 4.69) is 14.9 Å². The molecule has 0 aliphatic rings. The highest BCUT2D eigenvalue weighted by molar-refractivity contribution is 7.92. The topological polar surface area (TPSA) is 85.1 Å². The van der Waals surface area contributed by atoms with Crippen molar-refractivity contribution in [3.05, 3.63) is 30.2 Å². The number of sulfonamides is 1. The maximum absolute atomic E-state index is 11.1. The van der Waals surface area contributed by atoms with Gasteiger partial charge in [0.25, 0.3) is 0 Å². The minimum Gasteiger partial charge on any atom is -0.421 e. The number of nitrogens with one attached hydrogen (secondary N) is 1. The van der Waals surface area contributed by atoms with Crippen LogP contribution in [0.15, 0.2) is 28.7 Å². The van der Waals surface area contributed by atoms with Gasteiger partial charge >= 0.3 is 0 Å². The normalized spacial score (nSPS) is 11.4. The second kappa shape index (κ2) is 4.17. The number of benzene rings is 1. The third-order valence-electron chi connectivity index (χ3n) is 1.94. The van der Waals surface area contributed by atoms with Gasteiger partial charge in [-0.3, -0.25) is 4.72 Å². The van der Waals surface area contributed by atoms with E-state index in [0.717, 1.165) is 6.26 Å². The predicted molar refractivity (Wildman–Crippen MR) is 62.9 cm³/mol. The molecule has 0 aliphatic carbocycles. The van der Waals surface area contributed by atoms with Crippen LogP contribution in [0, 0.1) is 6.92 Å². The van der Waals surface area contributed by atoms with Crippen molar-refractivity contribution >= 4 is 15.7 Å². The Bertz CT molecular complexity index is 634. The van der Waals surface area contributed by atoms with Crippen molar-refractivity contribution in [1.29, 1.82) is 0 Å². The van der Waals surface area contributed by atoms with Gasteiger partial charge in [0.05, 0.1) is 6.26 Å². The first-order chi connectivity index (χ1) is 7.94. The Balaban J connectivity index is 2.35. The predicted octanol–water partition coefficient (Wildman–Crippen LogP) is 1.42. The summed E-state index contributed by atoms with van der Waals surface area (Å²) in [6.07, 6.45) is 1.09. The Morgan fingerprint density at radius 1 is 1.29 bits per heavy atom. The van der Waals surface area contributed by atoms with E-state index in [-0.39, 0.29) is 0 Å². The standard InChI is InChI=1S/C10H11N3O3S/c1-7-11-12-10(16-7)8-4-3-5-9(6-8)13-17(2,14)15/h3-6,13H,1-2H3. The second-order valence-electron chi connectivity index (χ2n) is 3.58. The molecule has 2 rings (SSSR count). The molecule has 7 heteroatoms. The summed E-state index contributed by atoms with van der Waals surface area (Å²) in [5, 5.41) is 7.57. The van der Waals surface area contributed by atoms with Crippen molar-refractivity contribution in [2.45, 2.75) is 6.92 Å². The first-order valence-corrected chi connectivity index (χ1v) is 6.71. The zero-order chi connectivity index (χ0) is 12.5. The third-order valence-corrected chi connectivity index (χ3v) is 2.55. The molecule has 0 bridgehead atoms. The van der Waals surface area contributed by atoms with Crippen LogP contribution >= 0.6 is 0 Å². The van der Waals surface area contributed by atoms with Crippen LogP contribution in [0.2, 0.25) is 0 Å². The Labute approximate surface area is 98.7 Å². The molecule has 17 heavy (non-hydrogen) atoms. The van der Waals surface area contributed by atoms with Crippen LogP contribution in [0.4, 0.5) is 5.69 Å². The molecular formula is C10H11N3O3S. The summed E-state index contributed by atoms with van der Waals surface area (Å²) in [6.45, 7) is 1.69. The van der Waals surface area contributed by atoms with Gasteiger partial charge in [0.1, 0.15) is 0 Å². The van der Waals surface area contributed by atoms with Gasteiger partial charge in [0.2, 0.25) is 21.8 Å². The zero-order valence-corrected chi connectivity index (χ0v) is 10.2. The van der Waals surface area contributed by atoms with E-state index in [1.54, 1.807) is 31.2 Å². The highest BCUT2D eigenvalue weighted by Crippen LogP contribution is 2.21. The summed E-state index contributed by atoms with van der Waals surface area (Å²) in [5.41, 5.74) is 1.13. The fraction of sp³-hybridized carbons (Fsp3) is 0.200. The SMILES string of the molecule is Cc1nnc(-c2cccc(NS(C)(=O)=O)c2)o1. The molecule has 0 atom stereocenters. The lowest BCUT2D eigenvalue weighted by atomic mass is 10.2. The van der Waals surface area contributed by atoms with Crippen LogP contribution in [0.5, 0.6) is 0 Å². The van der Waals surface area contributed by atoms with Gasteiger partial charge < -0.3 is 4.42 Å². The van der Waals surface area contributed by atoms with Gasteiger partial charge in [-0.1, -0.05) is 6.07 Å². The molecule has 1 heterocycles. The number of rotatable bonds is 3. The number of aromatic nitrogens is 2. The van der Waals surface area contributed by atoms with E-state index >= 15 is 0 Å². The Hall–Kier alpha value is -1.89. The molecule has 2 aromatic rings. The van der Waals surface area contributed by atoms with Gasteiger partial charge in [-0.25, -0.2) is 8.42 Å². The van der Waals surface area contributed by atoms with Crippen molar-refractivity contribution in [1.82, 2.24) is 10.2 Å². The maximum atomic E-state index is 11.1. The van der Waals surface area contributed by atoms with Crippen molar-refractivity contribution in [2.75, 3.05) is 11.0 Å². The lowest BCUT2D eigenvalue weighted by Crippen LogP contribution is -2.09. The molecule has 0 radical (unpaired) electrons. The van der Waals surface area contributed by atoms with Crippen LogP contribution in [-0.4, -0.2) is 24.9 Å². The van der Waals surface area contributed by atoms with Crippen LogP contribution < -0.4 is 4.72 Å². The molecular weight excluding hydrogens is 242 g/mol. The number of hydrogen-bond acceptors (Lipinski definition) is 5. The molecule has 0 fully saturated rings. The summed E-state index contributed by atoms with van der Waals surface area (Å²) in [4.78, 5) is 0. The van der Waals surface area contributed by atoms with Crippen molar-refractivity contribution in [2.24, 2.45) is 0 Å². The van der Waals surface area contributed by atoms with Gasteiger partial charge in [0, 0.05) is 18.2 Å². The van der Waals surface area contributed by atoms with Gasteiger partial charge in [-0.05, 0) is 18.2 Å². The van der Waals surface area contributed by atoms with E-state index in [4.69, 9.17) is 4.42 Å². The number of hydrogen-bond donors (Lipinski definition) is 1. The summed E-state index contributed by atoms with van der Waals surface area (Å²) < 4.78 is 29.8. The third kappa shape index (κ3) is 3.04. The van der Waals surface area contributed by atoms with Crippen LogP contribution in [0.25, 0.3) is 11.5 Å². The molecule has 0 unspecified atom stereocenters. The fourth-order valence-electron chi connectivity index (χ4n) is 1.34. The zero-order valence-electron chi connectivity index (χ0n) is 9.34. The lowest BCUT2D eigenvalue weighted by Gasteiger charge is -2.04. The van der Waals surface area contributed by atoms with Gasteiger partial charge in [0.15, 0.2) is 0 Å². The molecule has 0 saturated carbocycles. The fourth-order valence-corrected chi connectivity index (χ4v) is 1.90. The van der Waals surface area contributed by atoms with Crippen molar-refractivity contribution in [3.63, 3.8) is 0 Å². The molecule has 0 spiro atoms. The molecule has 0 aliphatic heterocycles. The maximum Gasteiger partial charge on any atom is 0.247 e. The van der Waals surface area contributed by atoms with Gasteiger partial charge in [-0.15, -0.1) is 10.2 Å². The molecule has 6 nitrogen and oxygen atoms in total. The van der Waals surface area contributed by atoms with Crippen LogP contribution in [0.1, 0.15) is 5.89 Å². The van der Waals surface area contributed by atoms with E-state index < -0.39 is 10.0 Å². The molecule has 1 N–H and O–H groups in total. The molecule has 0 saturated heterocycles. The highest BCUT2D eigenvalue weighted by atomic mass is 32.2. The molecule has 0 amide bonds. The largest absolute Gasteiger partial charge is 0.421 e. The van der Waals surface area contributed by atoms with Crippen molar-refractivity contribution in [3.8, 4) is 11.5 Å². The van der Waals surface area contributed by atoms with Crippen LogP contribution in [0.3, 0.4) is 0 Å². The number of anilines is 1. The minimum absolute atomic E-state index is 0.361. The summed E-state index contributed by atoms with van der Waals surface area (Å²) in [5.74, 6) is 0.820. The lowest BCUT2D eigenvalue weighted by molar-refractivity contribution is 0.533. The Morgan fingerprint density at radius 2 is 2.06 bits per heavy atom. The summed E-state index contributed by atoms with van der Waals surface area (Å²) in [6, 6.07) is 6.75. The smallest absolute Gasteiger partial charge is 0.247 e. The first-order valence-electron chi connectivity index (χ1n) is 4.82. The van der Waals surface area contributed by atoms with E-state index in [0.29, 0.717) is 23.0 Å². The highest BCUT2D eigenvalue weighted by Gasteiger charge is 2.08. The first kappa shape index (κ1) is 11.6. The monoisotopic (exact) mass is 253 g/mol. The molecule has 1 aromatic heterocycles. The number of nitrogens with zero attached hydrogens (tertiary/aromatic N) is 2. The van der Waals surface area contributed by atoms with E-state index in [1.165, 1.54) is 0 Å². The Morgan fingerprint density at radius 3 is 2.65 bits per heavy atom. The summed E-state index contributed by atoms with van der Waals surface area (Å²) in [7, 11) is -3.29. The second-order valence-corrected chi connectivity index (χ2v) is 5.33.